The van der Waals surface area contributed by atoms with Crippen molar-refractivity contribution >= 4 is 29.4 Å². The van der Waals surface area contributed by atoms with Gasteiger partial charge in [0.25, 0.3) is 0 Å². The number of likely N-dealkylation sites (tertiary alicyclic amines) is 1. The summed E-state index contributed by atoms with van der Waals surface area (Å²) in [7, 11) is 0. The van der Waals surface area contributed by atoms with Crippen molar-refractivity contribution in [1.82, 2.24) is 4.90 Å². The first kappa shape index (κ1) is 17.4. The fraction of sp³-hybridized carbons (Fsp3) is 0.438. The molecular weight excluding hydrogens is 325 g/mol. The second kappa shape index (κ2) is 6.28. The van der Waals surface area contributed by atoms with E-state index in [4.69, 9.17) is 16.3 Å². The highest BCUT2D eigenvalue weighted by atomic mass is 35.5. The number of β-lactam (4-membered cyclic amide) rings is 1. The highest BCUT2D eigenvalue weighted by Gasteiger charge is 2.46. The number of amides is 2. The number of carbonyl (C=O) groups excluding carboxylic acids is 3. The van der Waals surface area contributed by atoms with Crippen LogP contribution < -0.4 is 0 Å². The van der Waals surface area contributed by atoms with Gasteiger partial charge in [0.05, 0.1) is 11.4 Å². The zero-order chi connectivity index (χ0) is 17.4. The average Bonchev–Trinajstić information content (AvgIpc) is 2.38. The number of hydrogen-bond donors (Lipinski definition) is 0. The van der Waals surface area contributed by atoms with E-state index >= 15 is 0 Å². The van der Waals surface area contributed by atoms with Crippen molar-refractivity contribution in [2.45, 2.75) is 45.3 Å². The number of imide groups is 1. The number of halogens is 2. The van der Waals surface area contributed by atoms with E-state index in [9.17, 15) is 18.8 Å². The number of benzene rings is 1. The molecule has 1 aliphatic heterocycles. The second-order valence-electron chi connectivity index (χ2n) is 6.32. The van der Waals surface area contributed by atoms with Crippen LogP contribution in [0.3, 0.4) is 0 Å². The number of carbonyl (C=O) groups is 3. The molecule has 0 N–H and O–H groups in total. The van der Waals surface area contributed by atoms with Crippen molar-refractivity contribution < 1.29 is 23.5 Å². The SMILES string of the molecule is CC(C)(C)OC(=O)N1C(=O)C[C@H]1C(=O)Cc1cccc(Cl)c1F. The van der Waals surface area contributed by atoms with Gasteiger partial charge in [-0.3, -0.25) is 9.59 Å². The monoisotopic (exact) mass is 341 g/mol. The van der Waals surface area contributed by atoms with Crippen LogP contribution in [0.15, 0.2) is 18.2 Å². The number of ketones is 1. The van der Waals surface area contributed by atoms with Crippen LogP contribution in [0.5, 0.6) is 0 Å². The summed E-state index contributed by atoms with van der Waals surface area (Å²) in [4.78, 5) is 36.7. The lowest BCUT2D eigenvalue weighted by Crippen LogP contribution is -2.60. The summed E-state index contributed by atoms with van der Waals surface area (Å²) in [5.41, 5.74) is -0.648. The van der Waals surface area contributed by atoms with E-state index in [0.717, 1.165) is 4.90 Å². The van der Waals surface area contributed by atoms with Crippen LogP contribution in [0.2, 0.25) is 5.02 Å². The summed E-state index contributed by atoms with van der Waals surface area (Å²) in [6, 6.07) is 3.43. The molecule has 0 saturated carbocycles. The van der Waals surface area contributed by atoms with E-state index in [1.165, 1.54) is 18.2 Å². The topological polar surface area (TPSA) is 63.7 Å². The van der Waals surface area contributed by atoms with Gasteiger partial charge in [0.2, 0.25) is 5.91 Å². The summed E-state index contributed by atoms with van der Waals surface area (Å²) < 4.78 is 19.0. The van der Waals surface area contributed by atoms with Gasteiger partial charge in [-0.1, -0.05) is 23.7 Å². The van der Waals surface area contributed by atoms with E-state index in [-0.39, 0.29) is 23.4 Å². The number of rotatable bonds is 3. The molecule has 1 heterocycles. The third-order valence-corrected chi connectivity index (χ3v) is 3.60. The number of hydrogen-bond acceptors (Lipinski definition) is 4. The smallest absolute Gasteiger partial charge is 0.417 e. The Morgan fingerprint density at radius 1 is 1.39 bits per heavy atom. The quantitative estimate of drug-likeness (QED) is 0.792. The summed E-state index contributed by atoms with van der Waals surface area (Å²) in [5.74, 6) is -1.59. The molecule has 0 aromatic heterocycles. The Bertz CT molecular complexity index is 669. The third-order valence-electron chi connectivity index (χ3n) is 3.31. The van der Waals surface area contributed by atoms with Gasteiger partial charge in [-0.2, -0.15) is 0 Å². The Morgan fingerprint density at radius 3 is 2.61 bits per heavy atom. The molecule has 0 aliphatic carbocycles. The van der Waals surface area contributed by atoms with Crippen molar-refractivity contribution in [1.29, 1.82) is 0 Å². The van der Waals surface area contributed by atoms with Crippen LogP contribution in [0.1, 0.15) is 32.8 Å². The van der Waals surface area contributed by atoms with Crippen molar-refractivity contribution in [2.24, 2.45) is 0 Å². The predicted octanol–water partition coefficient (Wildman–Crippen LogP) is 3.13. The van der Waals surface area contributed by atoms with Crippen molar-refractivity contribution in [3.63, 3.8) is 0 Å². The van der Waals surface area contributed by atoms with Gasteiger partial charge in [-0.05, 0) is 32.4 Å². The molecule has 1 aromatic rings. The van der Waals surface area contributed by atoms with Crippen molar-refractivity contribution in [2.75, 3.05) is 0 Å². The number of nitrogens with zero attached hydrogens (tertiary/aromatic N) is 1. The van der Waals surface area contributed by atoms with Crippen LogP contribution >= 0.6 is 11.6 Å². The van der Waals surface area contributed by atoms with Gasteiger partial charge < -0.3 is 4.74 Å². The molecule has 1 atom stereocenters. The standard InChI is InChI=1S/C16H17ClFNO4/c1-16(2,3)23-15(22)19-11(8-13(19)21)12(20)7-9-5-4-6-10(17)14(9)18/h4-6,11H,7-8H2,1-3H3/t11-/m0/s1. The van der Waals surface area contributed by atoms with Gasteiger partial charge in [0, 0.05) is 6.42 Å². The molecular formula is C16H17ClFNO4. The maximum Gasteiger partial charge on any atom is 0.417 e. The molecule has 2 rings (SSSR count). The normalized spacial score (nSPS) is 17.7. The van der Waals surface area contributed by atoms with Gasteiger partial charge in [-0.15, -0.1) is 0 Å². The molecule has 1 aromatic carbocycles. The highest BCUT2D eigenvalue weighted by Crippen LogP contribution is 2.26. The summed E-state index contributed by atoms with van der Waals surface area (Å²) in [5, 5.41) is -0.0796. The largest absolute Gasteiger partial charge is 0.443 e. The van der Waals surface area contributed by atoms with Crippen molar-refractivity contribution in [3.05, 3.63) is 34.6 Å². The molecule has 0 unspecified atom stereocenters. The van der Waals surface area contributed by atoms with E-state index in [0.29, 0.717) is 0 Å². The summed E-state index contributed by atoms with van der Waals surface area (Å²) in [6.45, 7) is 4.98. The summed E-state index contributed by atoms with van der Waals surface area (Å²) in [6.07, 6.45) is -1.19. The van der Waals surface area contributed by atoms with Crippen LogP contribution in [0, 0.1) is 5.82 Å². The van der Waals surface area contributed by atoms with E-state index < -0.39 is 35.2 Å². The molecule has 0 radical (unpaired) electrons. The molecule has 124 valence electrons. The van der Waals surface area contributed by atoms with Crippen LogP contribution in [-0.2, 0) is 20.7 Å². The molecule has 0 spiro atoms. The first-order chi connectivity index (χ1) is 10.6. The molecule has 7 heteroatoms. The Kier molecular flexibility index (Phi) is 4.75. The lowest BCUT2D eigenvalue weighted by molar-refractivity contribution is -0.150. The van der Waals surface area contributed by atoms with Crippen molar-refractivity contribution in [3.8, 4) is 0 Å². The van der Waals surface area contributed by atoms with Crippen LogP contribution in [-0.4, -0.2) is 34.3 Å². The van der Waals surface area contributed by atoms with Gasteiger partial charge >= 0.3 is 6.09 Å². The molecule has 5 nitrogen and oxygen atoms in total. The van der Waals surface area contributed by atoms with E-state index in [1.54, 1.807) is 20.8 Å². The Hall–Kier alpha value is -1.95. The molecule has 1 fully saturated rings. The molecule has 23 heavy (non-hydrogen) atoms. The number of ether oxygens (including phenoxy) is 1. The lowest BCUT2D eigenvalue weighted by atomic mass is 9.93. The first-order valence-corrected chi connectivity index (χ1v) is 7.48. The minimum absolute atomic E-state index is 0.0796. The lowest BCUT2D eigenvalue weighted by Gasteiger charge is -2.38. The molecule has 1 saturated heterocycles. The van der Waals surface area contributed by atoms with Crippen LogP contribution in [0.25, 0.3) is 0 Å². The Morgan fingerprint density at radius 2 is 2.04 bits per heavy atom. The first-order valence-electron chi connectivity index (χ1n) is 7.11. The minimum Gasteiger partial charge on any atom is -0.443 e. The third kappa shape index (κ3) is 3.88. The second-order valence-corrected chi connectivity index (χ2v) is 6.73. The molecule has 0 bridgehead atoms. The Labute approximate surface area is 138 Å². The van der Waals surface area contributed by atoms with Gasteiger partial charge in [0.1, 0.15) is 17.5 Å². The number of Topliss-reactive ketones (excluding diaryl/α,β-unsaturated/α-hetero) is 1. The molecule has 1 aliphatic rings. The summed E-state index contributed by atoms with van der Waals surface area (Å²) >= 11 is 5.67. The minimum atomic E-state index is -0.921. The fourth-order valence-corrected chi connectivity index (χ4v) is 2.40. The molecule has 2 amide bonds. The fourth-order valence-electron chi connectivity index (χ4n) is 2.20. The van der Waals surface area contributed by atoms with Gasteiger partial charge in [0.15, 0.2) is 5.78 Å². The van der Waals surface area contributed by atoms with Gasteiger partial charge in [-0.25, -0.2) is 14.1 Å². The predicted molar refractivity (Wildman–Crippen MR) is 81.6 cm³/mol. The Balaban J connectivity index is 2.09. The van der Waals surface area contributed by atoms with E-state index in [1.807, 2.05) is 0 Å². The maximum absolute atomic E-state index is 13.8. The maximum atomic E-state index is 13.8. The zero-order valence-corrected chi connectivity index (χ0v) is 13.8. The highest BCUT2D eigenvalue weighted by molar-refractivity contribution is 6.30. The zero-order valence-electron chi connectivity index (χ0n) is 13.1. The average molecular weight is 342 g/mol. The van der Waals surface area contributed by atoms with Crippen LogP contribution in [0.4, 0.5) is 9.18 Å². The van der Waals surface area contributed by atoms with E-state index in [2.05, 4.69) is 0 Å².